The summed E-state index contributed by atoms with van der Waals surface area (Å²) >= 11 is 0. The molecular weight excluding hydrogens is 360 g/mol. The van der Waals surface area contributed by atoms with Crippen LogP contribution in [-0.4, -0.2) is 64.4 Å². The van der Waals surface area contributed by atoms with Gasteiger partial charge in [0.1, 0.15) is 11.5 Å². The molecule has 0 bridgehead atoms. The summed E-state index contributed by atoms with van der Waals surface area (Å²) in [7, 11) is -17.0. The zero-order valence-corrected chi connectivity index (χ0v) is 12.0. The Labute approximate surface area is 117 Å². The molecule has 2 unspecified atom stereocenters. The first-order valence-electron chi connectivity index (χ1n) is 4.52. The number of aliphatic hydroxyl groups excluding tert-OH is 2. The van der Waals surface area contributed by atoms with Crippen molar-refractivity contribution in [3.05, 3.63) is 22.5 Å². The van der Waals surface area contributed by atoms with Gasteiger partial charge in [0.15, 0.2) is 10.2 Å². The van der Waals surface area contributed by atoms with Crippen molar-refractivity contribution in [2.75, 3.05) is 0 Å². The van der Waals surface area contributed by atoms with E-state index >= 15 is 0 Å². The van der Waals surface area contributed by atoms with Crippen LogP contribution in [0.3, 0.4) is 0 Å². The van der Waals surface area contributed by atoms with Crippen LogP contribution in [0.2, 0.25) is 0 Å². The quantitative estimate of drug-likeness (QED) is 0.295. The molecule has 12 nitrogen and oxygen atoms in total. The molecule has 15 heteroatoms. The van der Waals surface area contributed by atoms with Crippen LogP contribution in [0.1, 0.15) is 0 Å². The fraction of sp³-hybridized carbons (Fsp3) is 0.333. The van der Waals surface area contributed by atoms with E-state index in [0.717, 1.165) is 0 Å². The minimum Gasteiger partial charge on any atom is -0.509 e. The smallest absolute Gasteiger partial charge is 0.301 e. The molecule has 0 radical (unpaired) electrons. The molecule has 0 saturated heterocycles. The first-order chi connectivity index (χ1) is 9.03. The van der Waals surface area contributed by atoms with Crippen LogP contribution in [0.15, 0.2) is 22.5 Å². The van der Waals surface area contributed by atoms with Crippen LogP contribution in [0, 0.1) is 0 Å². The first-order valence-corrected chi connectivity index (χ1v) is 8.90. The predicted molar refractivity (Wildman–Crippen MR) is 63.8 cm³/mol. The van der Waals surface area contributed by atoms with Crippen LogP contribution < -0.4 is 0 Å². The second kappa shape index (κ2) is 4.63. The molecule has 0 aromatic rings. The maximum absolute atomic E-state index is 11.1. The standard InChI is InChI=1S/C6H8O12S3/c7-2-1-6(9,21(16,17)18)5(20(13,14)15)3(8)4(2)19(10,11)12/h1,5,7-9H,(H,10,11,12)(H,13,14,15)(H,16,17,18). The Morgan fingerprint density at radius 1 is 0.952 bits per heavy atom. The molecule has 0 aromatic carbocycles. The Morgan fingerprint density at radius 2 is 1.38 bits per heavy atom. The molecule has 1 rings (SSSR count). The Morgan fingerprint density at radius 3 is 1.67 bits per heavy atom. The van der Waals surface area contributed by atoms with Crippen molar-refractivity contribution in [3.8, 4) is 0 Å². The average Bonchev–Trinajstić information content (AvgIpc) is 2.08. The van der Waals surface area contributed by atoms with Gasteiger partial charge in [0, 0.05) is 6.08 Å². The molecule has 0 heterocycles. The summed E-state index contributed by atoms with van der Waals surface area (Å²) in [4.78, 5) is -5.86. The van der Waals surface area contributed by atoms with E-state index in [-0.39, 0.29) is 6.08 Å². The maximum atomic E-state index is 11.1. The Kier molecular flexibility index (Phi) is 3.93. The molecule has 21 heavy (non-hydrogen) atoms. The normalized spacial score (nSPS) is 28.4. The monoisotopic (exact) mass is 368 g/mol. The van der Waals surface area contributed by atoms with E-state index < -0.39 is 57.0 Å². The largest absolute Gasteiger partial charge is 0.509 e. The zero-order chi connectivity index (χ0) is 17.0. The third-order valence-corrected chi connectivity index (χ3v) is 5.84. The zero-order valence-electron chi connectivity index (χ0n) is 9.51. The highest BCUT2D eigenvalue weighted by Crippen LogP contribution is 2.38. The van der Waals surface area contributed by atoms with Crippen LogP contribution in [-0.2, 0) is 30.4 Å². The molecule has 1 aliphatic carbocycles. The van der Waals surface area contributed by atoms with Crippen molar-refractivity contribution < 1.29 is 54.2 Å². The second-order valence-electron chi connectivity index (χ2n) is 3.84. The van der Waals surface area contributed by atoms with Gasteiger partial charge >= 0.3 is 20.2 Å². The van der Waals surface area contributed by atoms with Crippen molar-refractivity contribution in [2.45, 2.75) is 10.2 Å². The molecule has 1 aliphatic rings. The van der Waals surface area contributed by atoms with Gasteiger partial charge in [-0.2, -0.15) is 25.3 Å². The minimum atomic E-state index is -5.78. The molecule has 0 aliphatic heterocycles. The van der Waals surface area contributed by atoms with Crippen molar-refractivity contribution in [1.29, 1.82) is 0 Å². The summed E-state index contributed by atoms with van der Waals surface area (Å²) in [5.41, 5.74) is 0. The third-order valence-electron chi connectivity index (χ3n) is 2.40. The minimum absolute atomic E-state index is 0.385. The molecule has 0 saturated carbocycles. The average molecular weight is 368 g/mol. The third kappa shape index (κ3) is 2.89. The van der Waals surface area contributed by atoms with Crippen LogP contribution in [0.5, 0.6) is 0 Å². The highest BCUT2D eigenvalue weighted by atomic mass is 32.2. The molecule has 0 aromatic heterocycles. The van der Waals surface area contributed by atoms with E-state index in [1.54, 1.807) is 0 Å². The molecule has 0 fully saturated rings. The van der Waals surface area contributed by atoms with Crippen LogP contribution in [0.4, 0.5) is 0 Å². The van der Waals surface area contributed by atoms with Gasteiger partial charge in [-0.1, -0.05) is 0 Å². The second-order valence-corrected chi connectivity index (χ2v) is 8.30. The van der Waals surface area contributed by atoms with E-state index in [2.05, 4.69) is 0 Å². The maximum Gasteiger partial charge on any atom is 0.301 e. The summed E-state index contributed by atoms with van der Waals surface area (Å²) in [5.74, 6) is -3.88. The van der Waals surface area contributed by atoms with Gasteiger partial charge in [-0.25, -0.2) is 0 Å². The molecule has 6 N–H and O–H groups in total. The number of rotatable bonds is 3. The molecule has 2 atom stereocenters. The lowest BCUT2D eigenvalue weighted by Gasteiger charge is -2.31. The topological polar surface area (TPSA) is 224 Å². The molecule has 0 amide bonds. The van der Waals surface area contributed by atoms with Crippen LogP contribution in [0.25, 0.3) is 0 Å². The van der Waals surface area contributed by atoms with Crippen molar-refractivity contribution in [2.24, 2.45) is 0 Å². The number of hydrogen-bond acceptors (Lipinski definition) is 9. The lowest BCUT2D eigenvalue weighted by atomic mass is 10.1. The van der Waals surface area contributed by atoms with Crippen LogP contribution >= 0.6 is 0 Å². The van der Waals surface area contributed by atoms with E-state index in [0.29, 0.717) is 0 Å². The van der Waals surface area contributed by atoms with Gasteiger partial charge in [0.2, 0.25) is 4.93 Å². The predicted octanol–water partition coefficient (Wildman–Crippen LogP) is -2.07. The summed E-state index contributed by atoms with van der Waals surface area (Å²) in [6.45, 7) is 0. The van der Waals surface area contributed by atoms with Gasteiger partial charge in [0.05, 0.1) is 0 Å². The SMILES string of the molecule is O=S(=O)(O)C1=C(O)C(S(=O)(=O)O)C(O)(S(=O)(=O)O)C=C1O. The summed E-state index contributed by atoms with van der Waals surface area (Å²) in [6, 6.07) is 0. The lowest BCUT2D eigenvalue weighted by molar-refractivity contribution is 0.136. The van der Waals surface area contributed by atoms with E-state index in [4.69, 9.17) is 13.7 Å². The molecule has 0 spiro atoms. The van der Waals surface area contributed by atoms with E-state index in [9.17, 15) is 40.6 Å². The van der Waals surface area contributed by atoms with E-state index in [1.807, 2.05) is 0 Å². The van der Waals surface area contributed by atoms with Gasteiger partial charge in [0.25, 0.3) is 10.1 Å². The first kappa shape index (κ1) is 17.8. The van der Waals surface area contributed by atoms with Gasteiger partial charge in [-0.05, 0) is 0 Å². The Hall–Kier alpha value is -1.23. The fourth-order valence-electron chi connectivity index (χ4n) is 1.61. The number of aliphatic hydroxyl groups is 3. The van der Waals surface area contributed by atoms with Crippen molar-refractivity contribution in [1.82, 2.24) is 0 Å². The Balaban J connectivity index is 3.96. The summed E-state index contributed by atoms with van der Waals surface area (Å²) in [5, 5.41) is 25.0. The van der Waals surface area contributed by atoms with Gasteiger partial charge < -0.3 is 15.3 Å². The number of hydrogen-bond donors (Lipinski definition) is 6. The van der Waals surface area contributed by atoms with E-state index in [1.165, 1.54) is 0 Å². The molecular formula is C6H8O12S3. The highest BCUT2D eigenvalue weighted by molar-refractivity contribution is 7.92. The van der Waals surface area contributed by atoms with Crippen molar-refractivity contribution >= 4 is 30.4 Å². The Bertz CT molecular complexity index is 841. The molecule has 122 valence electrons. The fourth-order valence-corrected chi connectivity index (χ4v) is 4.66. The summed E-state index contributed by atoms with van der Waals surface area (Å²) < 4.78 is 92.4. The lowest BCUT2D eigenvalue weighted by Crippen LogP contribution is -2.54. The van der Waals surface area contributed by atoms with Crippen molar-refractivity contribution in [3.63, 3.8) is 0 Å². The highest BCUT2D eigenvalue weighted by Gasteiger charge is 2.59. The summed E-state index contributed by atoms with van der Waals surface area (Å²) in [6.07, 6.45) is -0.385. The van der Waals surface area contributed by atoms with Gasteiger partial charge in [-0.15, -0.1) is 0 Å². The van der Waals surface area contributed by atoms with Gasteiger partial charge in [-0.3, -0.25) is 13.7 Å².